The van der Waals surface area contributed by atoms with Crippen LogP contribution < -0.4 is 0 Å². The maximum Gasteiger partial charge on any atom is -0.00585 e. The Morgan fingerprint density at radius 2 is 0.643 bits per heavy atom. The number of hydrogen-bond donors (Lipinski definition) is 0. The van der Waals surface area contributed by atoms with Gasteiger partial charge in [-0.1, -0.05) is 140 Å². The van der Waals surface area contributed by atoms with Gasteiger partial charge in [0.1, 0.15) is 0 Å². The van der Waals surface area contributed by atoms with Crippen LogP contribution in [-0.4, -0.2) is 0 Å². The lowest BCUT2D eigenvalue weighted by Gasteiger charge is -2.20. The van der Waals surface area contributed by atoms with Crippen LogP contribution in [0.3, 0.4) is 0 Å². The first-order valence-corrected chi connectivity index (χ1v) is 22.4. The Morgan fingerprint density at radius 3 is 0.946 bits per heavy atom. The highest BCUT2D eigenvalue weighted by Gasteiger charge is 2.14. The first-order chi connectivity index (χ1) is 26.8. The van der Waals surface area contributed by atoms with Crippen molar-refractivity contribution in [3.05, 3.63) is 151 Å². The van der Waals surface area contributed by atoms with Gasteiger partial charge in [0.2, 0.25) is 0 Å². The molecule has 0 saturated carbocycles. The molecule has 0 atom stereocenters. The van der Waals surface area contributed by atoms with E-state index in [0.717, 1.165) is 51.4 Å². The second kappa shape index (κ2) is 28.9. The third kappa shape index (κ3) is 23.6. The zero-order valence-corrected chi connectivity index (χ0v) is 38.4. The summed E-state index contributed by atoms with van der Waals surface area (Å²) < 4.78 is 0. The predicted molar refractivity (Wildman–Crippen MR) is 255 cm³/mol. The van der Waals surface area contributed by atoms with E-state index in [1.54, 1.807) is 11.1 Å². The fraction of sp³-hybridized carbons (Fsp3) is 0.536. The Bertz CT molecular complexity index is 1640. The molecule has 0 unspecified atom stereocenters. The molecule has 0 amide bonds. The minimum absolute atomic E-state index is 1.11. The van der Waals surface area contributed by atoms with Crippen LogP contribution in [0.4, 0.5) is 0 Å². The van der Waals surface area contributed by atoms with E-state index in [1.807, 2.05) is 0 Å². The second-order valence-corrected chi connectivity index (χ2v) is 17.7. The molecule has 0 heterocycles. The van der Waals surface area contributed by atoms with Crippen LogP contribution in [0.1, 0.15) is 196 Å². The average molecular weight is 757 g/mol. The van der Waals surface area contributed by atoms with Gasteiger partial charge in [-0.3, -0.25) is 0 Å². The molecule has 0 aromatic heterocycles. The number of rotatable bonds is 26. The minimum atomic E-state index is 1.11. The fourth-order valence-corrected chi connectivity index (χ4v) is 7.47. The van der Waals surface area contributed by atoms with Crippen LogP contribution in [0.5, 0.6) is 0 Å². The molecule has 308 valence electrons. The minimum Gasteiger partial charge on any atom is -0.0856 e. The summed E-state index contributed by atoms with van der Waals surface area (Å²) in [6.07, 6.45) is 44.2. The molecule has 1 aromatic rings. The van der Waals surface area contributed by atoms with E-state index in [-0.39, 0.29) is 0 Å². The zero-order chi connectivity index (χ0) is 41.1. The number of hydrogen-bond acceptors (Lipinski definition) is 0. The summed E-state index contributed by atoms with van der Waals surface area (Å²) >= 11 is 0. The first kappa shape index (κ1) is 48.8. The third-order valence-corrected chi connectivity index (χ3v) is 11.6. The second-order valence-electron chi connectivity index (χ2n) is 17.7. The Labute approximate surface area is 348 Å². The highest BCUT2D eigenvalue weighted by molar-refractivity contribution is 5.40. The monoisotopic (exact) mass is 757 g/mol. The van der Waals surface area contributed by atoms with E-state index >= 15 is 0 Å². The lowest BCUT2D eigenvalue weighted by atomic mass is 9.85. The van der Waals surface area contributed by atoms with Crippen molar-refractivity contribution in [1.29, 1.82) is 0 Å². The van der Waals surface area contributed by atoms with Gasteiger partial charge in [-0.2, -0.15) is 0 Å². The summed E-state index contributed by atoms with van der Waals surface area (Å²) in [5.74, 6) is 0. The van der Waals surface area contributed by atoms with E-state index in [4.69, 9.17) is 0 Å². The molecular formula is C56H84. The highest BCUT2D eigenvalue weighted by atomic mass is 14.2. The van der Waals surface area contributed by atoms with Gasteiger partial charge in [-0.25, -0.2) is 0 Å². The van der Waals surface area contributed by atoms with Gasteiger partial charge in [0.05, 0.1) is 0 Å². The van der Waals surface area contributed by atoms with Crippen molar-refractivity contribution in [2.45, 2.75) is 198 Å². The molecule has 0 N–H and O–H groups in total. The molecule has 0 bridgehead atoms. The standard InChI is InChI=1S/C56H84/c1-44(2)22-14-23-45(3)24-15-25-46(4)26-16-27-47(5)28-17-29-48(6)30-18-31-49(7)32-19-33-50(8)34-20-35-51(9)36-21-37-52(10)40-41-54-43-56-39-13-12-38-55(56)42-53(54)11/h12-13,22,24,26,28,30,32,34,36,38-40H,14-21,23,25,27,29,31,33,35,37,41-43H2,1-11H3/b45-24+,46-26+,47-28+,48-30+,49-32+,50-34+,51-36+,52-40+. The zero-order valence-electron chi connectivity index (χ0n) is 38.4. The average Bonchev–Trinajstić information content (AvgIpc) is 3.13. The maximum absolute atomic E-state index is 2.48. The molecular weight excluding hydrogens is 673 g/mol. The molecule has 0 spiro atoms. The van der Waals surface area contributed by atoms with Gasteiger partial charge in [0, 0.05) is 0 Å². The van der Waals surface area contributed by atoms with Crippen LogP contribution >= 0.6 is 0 Å². The normalized spacial score (nSPS) is 15.5. The summed E-state index contributed by atoms with van der Waals surface area (Å²) in [5.41, 5.74) is 19.9. The lowest BCUT2D eigenvalue weighted by molar-refractivity contribution is 0.879. The maximum atomic E-state index is 2.48. The smallest absolute Gasteiger partial charge is 0.00585 e. The Kier molecular flexibility index (Phi) is 25.2. The molecule has 0 nitrogen and oxygen atoms in total. The van der Waals surface area contributed by atoms with Gasteiger partial charge >= 0.3 is 0 Å². The summed E-state index contributed by atoms with van der Waals surface area (Å²) in [6, 6.07) is 8.96. The van der Waals surface area contributed by atoms with Crippen molar-refractivity contribution in [3.8, 4) is 0 Å². The molecule has 0 radical (unpaired) electrons. The molecule has 2 rings (SSSR count). The summed E-state index contributed by atoms with van der Waals surface area (Å²) in [6.45, 7) is 25.1. The van der Waals surface area contributed by atoms with Crippen molar-refractivity contribution < 1.29 is 0 Å². The van der Waals surface area contributed by atoms with E-state index in [9.17, 15) is 0 Å². The first-order valence-electron chi connectivity index (χ1n) is 22.4. The van der Waals surface area contributed by atoms with E-state index in [0.29, 0.717) is 0 Å². The molecule has 1 aliphatic carbocycles. The summed E-state index contributed by atoms with van der Waals surface area (Å²) in [4.78, 5) is 0. The Hall–Kier alpha value is -3.38. The third-order valence-electron chi connectivity index (χ3n) is 11.6. The van der Waals surface area contributed by atoms with E-state index < -0.39 is 0 Å². The SMILES string of the molecule is CC(C)=CCC/C(C)=C/CC/C(C)=C/CC/C(C)=C/CC/C(C)=C/CC/C(C)=C/CC/C(C)=C/CC/C(C)=C/CC/C(C)=C/CC1=C(C)Cc2ccccc2C1. The van der Waals surface area contributed by atoms with E-state index in [1.165, 1.54) is 132 Å². The molecule has 1 aliphatic rings. The Morgan fingerprint density at radius 1 is 0.375 bits per heavy atom. The van der Waals surface area contributed by atoms with Gasteiger partial charge < -0.3 is 0 Å². The number of benzene rings is 1. The molecule has 56 heavy (non-hydrogen) atoms. The van der Waals surface area contributed by atoms with E-state index in [2.05, 4.69) is 155 Å². The van der Waals surface area contributed by atoms with Crippen molar-refractivity contribution >= 4 is 0 Å². The van der Waals surface area contributed by atoms with Crippen molar-refractivity contribution in [1.82, 2.24) is 0 Å². The predicted octanol–water partition coefficient (Wildman–Crippen LogP) is 18.3. The van der Waals surface area contributed by atoms with Gasteiger partial charge in [0.25, 0.3) is 0 Å². The number of fused-ring (bicyclic) bond motifs is 1. The van der Waals surface area contributed by atoms with Crippen molar-refractivity contribution in [3.63, 3.8) is 0 Å². The molecule has 0 aliphatic heterocycles. The quantitative estimate of drug-likeness (QED) is 0.0826. The summed E-state index contributed by atoms with van der Waals surface area (Å²) in [5, 5.41) is 0. The number of allylic oxidation sites excluding steroid dienone is 20. The topological polar surface area (TPSA) is 0 Å². The van der Waals surface area contributed by atoms with Gasteiger partial charge in [-0.15, -0.1) is 0 Å². The van der Waals surface area contributed by atoms with Gasteiger partial charge in [0.15, 0.2) is 0 Å². The molecule has 1 aromatic carbocycles. The van der Waals surface area contributed by atoms with Crippen LogP contribution in [0.15, 0.2) is 140 Å². The van der Waals surface area contributed by atoms with Crippen LogP contribution in [-0.2, 0) is 12.8 Å². The van der Waals surface area contributed by atoms with Gasteiger partial charge in [-0.05, 0) is 209 Å². The highest BCUT2D eigenvalue weighted by Crippen LogP contribution is 2.28. The molecule has 0 heteroatoms. The lowest BCUT2D eigenvalue weighted by Crippen LogP contribution is -2.06. The fourth-order valence-electron chi connectivity index (χ4n) is 7.47. The Balaban J connectivity index is 1.57. The largest absolute Gasteiger partial charge is 0.0856 e. The van der Waals surface area contributed by atoms with Crippen molar-refractivity contribution in [2.75, 3.05) is 0 Å². The molecule has 0 saturated heterocycles. The van der Waals surface area contributed by atoms with Crippen LogP contribution in [0.25, 0.3) is 0 Å². The van der Waals surface area contributed by atoms with Crippen LogP contribution in [0.2, 0.25) is 0 Å². The van der Waals surface area contributed by atoms with Crippen molar-refractivity contribution in [2.24, 2.45) is 0 Å². The molecule has 0 fully saturated rings. The summed E-state index contributed by atoms with van der Waals surface area (Å²) in [7, 11) is 0. The van der Waals surface area contributed by atoms with Crippen LogP contribution in [0, 0.1) is 0 Å².